The number of anilines is 1. The number of amides is 1. The van der Waals surface area contributed by atoms with Crippen LogP contribution >= 0.6 is 15.9 Å². The fourth-order valence-electron chi connectivity index (χ4n) is 1.82. The molecule has 2 N–H and O–H groups in total. The van der Waals surface area contributed by atoms with Gasteiger partial charge in [-0.15, -0.1) is 0 Å². The topological polar surface area (TPSA) is 50.4 Å². The van der Waals surface area contributed by atoms with Crippen LogP contribution in [0, 0.1) is 0 Å². The number of hydrogen-bond acceptors (Lipinski definition) is 3. The number of hydrogen-bond donors (Lipinski definition) is 2. The molecule has 4 nitrogen and oxygen atoms in total. The van der Waals surface area contributed by atoms with E-state index in [1.54, 1.807) is 7.11 Å². The van der Waals surface area contributed by atoms with Gasteiger partial charge in [0.15, 0.2) is 0 Å². The summed E-state index contributed by atoms with van der Waals surface area (Å²) in [6, 6.07) is 5.85. The number of ether oxygens (including phenoxy) is 1. The predicted octanol–water partition coefficient (Wildman–Crippen LogP) is 3.17. The average molecular weight is 329 g/mol. The van der Waals surface area contributed by atoms with E-state index in [0.29, 0.717) is 0 Å². The van der Waals surface area contributed by atoms with Crippen molar-refractivity contribution in [2.75, 3.05) is 19.0 Å². The van der Waals surface area contributed by atoms with Crippen LogP contribution in [0.25, 0.3) is 0 Å². The summed E-state index contributed by atoms with van der Waals surface area (Å²) in [5.74, 6) is 0.709. The van der Waals surface area contributed by atoms with E-state index < -0.39 is 0 Å². The van der Waals surface area contributed by atoms with Crippen molar-refractivity contribution in [3.8, 4) is 5.75 Å². The van der Waals surface area contributed by atoms with Gasteiger partial charge in [0.2, 0.25) is 5.91 Å². The first-order chi connectivity index (χ1) is 9.06. The van der Waals surface area contributed by atoms with E-state index >= 15 is 0 Å². The molecule has 0 spiro atoms. The van der Waals surface area contributed by atoms with Gasteiger partial charge in [0.25, 0.3) is 0 Å². The molecular formula is C14H21BrN2O2. The van der Waals surface area contributed by atoms with E-state index in [1.807, 2.05) is 25.1 Å². The maximum absolute atomic E-state index is 11.8. The number of methoxy groups -OCH3 is 1. The molecular weight excluding hydrogens is 308 g/mol. The van der Waals surface area contributed by atoms with Crippen LogP contribution in [-0.4, -0.2) is 25.6 Å². The minimum Gasteiger partial charge on any atom is -0.495 e. The van der Waals surface area contributed by atoms with Gasteiger partial charge in [-0.25, -0.2) is 0 Å². The molecule has 19 heavy (non-hydrogen) atoms. The van der Waals surface area contributed by atoms with Gasteiger partial charge in [0.1, 0.15) is 5.75 Å². The van der Waals surface area contributed by atoms with Gasteiger partial charge in [-0.3, -0.25) is 4.79 Å². The predicted molar refractivity (Wildman–Crippen MR) is 81.7 cm³/mol. The van der Waals surface area contributed by atoms with Crippen LogP contribution in [0.3, 0.4) is 0 Å². The largest absolute Gasteiger partial charge is 0.495 e. The first-order valence-corrected chi connectivity index (χ1v) is 7.22. The summed E-state index contributed by atoms with van der Waals surface area (Å²) in [5, 5.41) is 6.03. The SMILES string of the molecule is CCCC(C)NC(=O)CNc1cc(Br)ccc1OC. The Morgan fingerprint density at radius 1 is 1.47 bits per heavy atom. The summed E-state index contributed by atoms with van der Waals surface area (Å²) in [4.78, 5) is 11.8. The van der Waals surface area contributed by atoms with Gasteiger partial charge in [-0.05, 0) is 31.5 Å². The highest BCUT2D eigenvalue weighted by Crippen LogP contribution is 2.27. The van der Waals surface area contributed by atoms with Crippen molar-refractivity contribution < 1.29 is 9.53 Å². The summed E-state index contributed by atoms with van der Waals surface area (Å²) in [6.07, 6.45) is 2.06. The standard InChI is InChI=1S/C14H21BrN2O2/c1-4-5-10(2)17-14(18)9-16-12-8-11(15)6-7-13(12)19-3/h6-8,10,16H,4-5,9H2,1-3H3,(H,17,18). The molecule has 0 fully saturated rings. The second kappa shape index (κ2) is 8.04. The molecule has 0 bridgehead atoms. The van der Waals surface area contributed by atoms with Gasteiger partial charge >= 0.3 is 0 Å². The normalized spacial score (nSPS) is 11.8. The van der Waals surface area contributed by atoms with Crippen LogP contribution in [0.4, 0.5) is 5.69 Å². The summed E-state index contributed by atoms with van der Waals surface area (Å²) >= 11 is 3.40. The molecule has 1 aromatic rings. The minimum atomic E-state index is -0.0111. The van der Waals surface area contributed by atoms with E-state index in [4.69, 9.17) is 4.74 Å². The Labute approximate surface area is 123 Å². The average Bonchev–Trinajstić information content (AvgIpc) is 2.36. The van der Waals surface area contributed by atoms with Gasteiger partial charge in [-0.2, -0.15) is 0 Å². The molecule has 0 aliphatic heterocycles. The maximum Gasteiger partial charge on any atom is 0.239 e. The third-order valence-corrected chi connectivity index (χ3v) is 3.22. The fraction of sp³-hybridized carbons (Fsp3) is 0.500. The number of benzene rings is 1. The Morgan fingerprint density at radius 3 is 2.84 bits per heavy atom. The fourth-order valence-corrected chi connectivity index (χ4v) is 2.19. The van der Waals surface area contributed by atoms with Gasteiger partial charge in [-0.1, -0.05) is 29.3 Å². The molecule has 5 heteroatoms. The molecule has 0 aromatic heterocycles. The number of carbonyl (C=O) groups is 1. The highest BCUT2D eigenvalue weighted by molar-refractivity contribution is 9.10. The zero-order valence-corrected chi connectivity index (χ0v) is 13.2. The lowest BCUT2D eigenvalue weighted by Gasteiger charge is -2.15. The first kappa shape index (κ1) is 15.8. The molecule has 0 heterocycles. The van der Waals surface area contributed by atoms with Crippen molar-refractivity contribution in [3.63, 3.8) is 0 Å². The third-order valence-electron chi connectivity index (χ3n) is 2.73. The smallest absolute Gasteiger partial charge is 0.239 e. The van der Waals surface area contributed by atoms with Gasteiger partial charge < -0.3 is 15.4 Å². The summed E-state index contributed by atoms with van der Waals surface area (Å²) in [7, 11) is 1.61. The monoisotopic (exact) mass is 328 g/mol. The van der Waals surface area contributed by atoms with Crippen molar-refractivity contribution in [1.82, 2.24) is 5.32 Å². The quantitative estimate of drug-likeness (QED) is 0.808. The first-order valence-electron chi connectivity index (χ1n) is 6.43. The Kier molecular flexibility index (Phi) is 6.70. The van der Waals surface area contributed by atoms with E-state index in [2.05, 4.69) is 33.5 Å². The van der Waals surface area contributed by atoms with Gasteiger partial charge in [0.05, 0.1) is 19.3 Å². The van der Waals surface area contributed by atoms with Crippen molar-refractivity contribution in [2.45, 2.75) is 32.7 Å². The maximum atomic E-state index is 11.8. The molecule has 1 unspecified atom stereocenters. The molecule has 0 aliphatic carbocycles. The molecule has 0 aliphatic rings. The Bertz CT molecular complexity index is 424. The lowest BCUT2D eigenvalue weighted by atomic mass is 10.2. The summed E-state index contributed by atoms with van der Waals surface area (Å²) in [6.45, 7) is 4.36. The molecule has 0 radical (unpaired) electrons. The molecule has 106 valence electrons. The second-order valence-corrected chi connectivity index (χ2v) is 5.37. The number of carbonyl (C=O) groups excluding carboxylic acids is 1. The second-order valence-electron chi connectivity index (χ2n) is 4.46. The van der Waals surface area contributed by atoms with E-state index in [1.165, 1.54) is 0 Å². The van der Waals surface area contributed by atoms with Crippen molar-refractivity contribution >= 4 is 27.5 Å². The number of rotatable bonds is 7. The molecule has 1 rings (SSSR count). The highest BCUT2D eigenvalue weighted by Gasteiger charge is 2.08. The molecule has 0 saturated carbocycles. The Hall–Kier alpha value is -1.23. The summed E-state index contributed by atoms with van der Waals surface area (Å²) < 4.78 is 6.18. The molecule has 0 saturated heterocycles. The Morgan fingerprint density at radius 2 is 2.21 bits per heavy atom. The summed E-state index contributed by atoms with van der Waals surface area (Å²) in [5.41, 5.74) is 0.801. The molecule has 1 amide bonds. The van der Waals surface area contributed by atoms with Crippen LogP contribution in [0.1, 0.15) is 26.7 Å². The van der Waals surface area contributed by atoms with Crippen LogP contribution in [0.15, 0.2) is 22.7 Å². The van der Waals surface area contributed by atoms with Crippen molar-refractivity contribution in [3.05, 3.63) is 22.7 Å². The number of halogens is 1. The molecule has 1 atom stereocenters. The highest BCUT2D eigenvalue weighted by atomic mass is 79.9. The van der Waals surface area contributed by atoms with E-state index in [0.717, 1.165) is 28.8 Å². The van der Waals surface area contributed by atoms with Crippen LogP contribution in [0.2, 0.25) is 0 Å². The third kappa shape index (κ3) is 5.51. The van der Waals surface area contributed by atoms with Gasteiger partial charge in [0, 0.05) is 10.5 Å². The Balaban J connectivity index is 2.52. The minimum absolute atomic E-state index is 0.0111. The molecule has 1 aromatic carbocycles. The van der Waals surface area contributed by atoms with Crippen LogP contribution in [-0.2, 0) is 4.79 Å². The lowest BCUT2D eigenvalue weighted by molar-refractivity contribution is -0.120. The number of nitrogens with one attached hydrogen (secondary N) is 2. The lowest BCUT2D eigenvalue weighted by Crippen LogP contribution is -2.36. The zero-order chi connectivity index (χ0) is 14.3. The van der Waals surface area contributed by atoms with Crippen LogP contribution < -0.4 is 15.4 Å². The van der Waals surface area contributed by atoms with E-state index in [9.17, 15) is 4.79 Å². The van der Waals surface area contributed by atoms with Crippen molar-refractivity contribution in [2.24, 2.45) is 0 Å². The van der Waals surface area contributed by atoms with E-state index in [-0.39, 0.29) is 18.5 Å². The zero-order valence-electron chi connectivity index (χ0n) is 11.6. The van der Waals surface area contributed by atoms with Crippen LogP contribution in [0.5, 0.6) is 5.75 Å². The van der Waals surface area contributed by atoms with Crippen molar-refractivity contribution in [1.29, 1.82) is 0 Å².